The normalized spacial score (nSPS) is 17.4. The number of aromatic nitrogens is 5. The van der Waals surface area contributed by atoms with Crippen LogP contribution in [0.2, 0.25) is 5.02 Å². The monoisotopic (exact) mass is 384 g/mol. The van der Waals surface area contributed by atoms with Gasteiger partial charge in [-0.05, 0) is 25.0 Å². The van der Waals surface area contributed by atoms with Crippen LogP contribution in [0.25, 0.3) is 16.2 Å². The number of imidazole rings is 2. The molecule has 8 heteroatoms. The lowest BCUT2D eigenvalue weighted by molar-refractivity contribution is 0.548. The van der Waals surface area contributed by atoms with Gasteiger partial charge in [0.15, 0.2) is 0 Å². The first-order valence-corrected chi connectivity index (χ1v) is 9.80. The van der Waals surface area contributed by atoms with Crippen LogP contribution in [-0.4, -0.2) is 36.7 Å². The van der Waals surface area contributed by atoms with Crippen molar-refractivity contribution in [3.8, 4) is 11.3 Å². The van der Waals surface area contributed by atoms with E-state index in [0.29, 0.717) is 6.04 Å². The first kappa shape index (κ1) is 15.8. The van der Waals surface area contributed by atoms with Gasteiger partial charge in [-0.25, -0.2) is 14.5 Å². The van der Waals surface area contributed by atoms with E-state index in [4.69, 9.17) is 21.7 Å². The van der Waals surface area contributed by atoms with Crippen LogP contribution >= 0.6 is 22.9 Å². The fourth-order valence-electron chi connectivity index (χ4n) is 3.48. The molecule has 1 aliphatic heterocycles. The average Bonchev–Trinajstić information content (AvgIpc) is 3.39. The molecule has 1 unspecified atom stereocenters. The summed E-state index contributed by atoms with van der Waals surface area (Å²) in [6, 6.07) is 8.19. The Hall–Kier alpha value is -2.38. The van der Waals surface area contributed by atoms with Crippen LogP contribution in [-0.2, 0) is 6.54 Å². The van der Waals surface area contributed by atoms with Gasteiger partial charge in [0.25, 0.3) is 0 Å². The molecule has 6 nitrogen and oxygen atoms in total. The molecule has 1 fully saturated rings. The molecule has 0 spiro atoms. The number of fused-ring (bicyclic) bond motifs is 1. The molecule has 3 aromatic heterocycles. The van der Waals surface area contributed by atoms with Crippen molar-refractivity contribution in [1.82, 2.24) is 24.1 Å². The van der Waals surface area contributed by atoms with Gasteiger partial charge in [0, 0.05) is 42.1 Å². The largest absolute Gasteiger partial charge is 0.342 e. The predicted molar refractivity (Wildman–Crippen MR) is 104 cm³/mol. The minimum Gasteiger partial charge on any atom is -0.342 e. The summed E-state index contributed by atoms with van der Waals surface area (Å²) in [7, 11) is 0. The molecule has 0 amide bonds. The minimum absolute atomic E-state index is 0.454. The first-order chi connectivity index (χ1) is 12.8. The van der Waals surface area contributed by atoms with Crippen molar-refractivity contribution >= 4 is 33.0 Å². The molecule has 5 rings (SSSR count). The van der Waals surface area contributed by atoms with Crippen LogP contribution in [0.5, 0.6) is 0 Å². The third-order valence-electron chi connectivity index (χ3n) is 4.78. The molecule has 0 saturated carbocycles. The lowest BCUT2D eigenvalue weighted by Crippen LogP contribution is -2.32. The van der Waals surface area contributed by atoms with Crippen molar-refractivity contribution in [3.05, 3.63) is 54.2 Å². The SMILES string of the molecule is Clc1ccc(-c2cn3nc(N4CCCC4Cn4ccnc4)sc3n2)cc1. The Bertz CT molecular complexity index is 989. The van der Waals surface area contributed by atoms with E-state index >= 15 is 0 Å². The summed E-state index contributed by atoms with van der Waals surface area (Å²) in [5.74, 6) is 0. The summed E-state index contributed by atoms with van der Waals surface area (Å²) in [5.41, 5.74) is 1.97. The maximum Gasteiger partial charge on any atom is 0.214 e. The molecule has 1 atom stereocenters. The summed E-state index contributed by atoms with van der Waals surface area (Å²) in [4.78, 5) is 12.2. The van der Waals surface area contributed by atoms with E-state index in [1.165, 1.54) is 12.8 Å². The van der Waals surface area contributed by atoms with E-state index in [1.54, 1.807) is 11.3 Å². The zero-order chi connectivity index (χ0) is 17.5. The van der Waals surface area contributed by atoms with E-state index in [1.807, 2.05) is 53.7 Å². The molecule has 1 aliphatic rings. The Balaban J connectivity index is 1.41. The Morgan fingerprint density at radius 1 is 1.23 bits per heavy atom. The fraction of sp³-hybridized carbons (Fsp3) is 0.278. The van der Waals surface area contributed by atoms with Crippen LogP contribution in [0.15, 0.2) is 49.2 Å². The second kappa shape index (κ2) is 6.41. The Morgan fingerprint density at radius 3 is 2.88 bits per heavy atom. The molecule has 132 valence electrons. The molecule has 4 heterocycles. The lowest BCUT2D eigenvalue weighted by atomic mass is 10.2. The van der Waals surface area contributed by atoms with Crippen molar-refractivity contribution in [2.75, 3.05) is 11.4 Å². The number of anilines is 1. The molecule has 26 heavy (non-hydrogen) atoms. The second-order valence-electron chi connectivity index (χ2n) is 6.49. The van der Waals surface area contributed by atoms with E-state index in [-0.39, 0.29) is 0 Å². The smallest absolute Gasteiger partial charge is 0.214 e. The van der Waals surface area contributed by atoms with Crippen molar-refractivity contribution in [1.29, 1.82) is 0 Å². The summed E-state index contributed by atoms with van der Waals surface area (Å²) < 4.78 is 4.02. The van der Waals surface area contributed by atoms with Crippen molar-refractivity contribution in [2.24, 2.45) is 0 Å². The standard InChI is InChI=1S/C18H17ClN6S/c19-14-5-3-13(4-6-14)16-11-25-17(21-16)26-18(22-25)24-8-1-2-15(24)10-23-9-7-20-12-23/h3-7,9,11-12,15H,1-2,8,10H2. The van der Waals surface area contributed by atoms with Crippen LogP contribution in [0, 0.1) is 0 Å². The molecule has 4 aromatic rings. The lowest BCUT2D eigenvalue weighted by Gasteiger charge is -2.23. The summed E-state index contributed by atoms with van der Waals surface area (Å²) in [6.45, 7) is 1.98. The van der Waals surface area contributed by atoms with E-state index in [0.717, 1.165) is 39.5 Å². The minimum atomic E-state index is 0.454. The maximum absolute atomic E-state index is 5.97. The van der Waals surface area contributed by atoms with Crippen molar-refractivity contribution in [2.45, 2.75) is 25.4 Å². The van der Waals surface area contributed by atoms with Gasteiger partial charge in [-0.2, -0.15) is 0 Å². The predicted octanol–water partition coefficient (Wildman–Crippen LogP) is 3.98. The molecule has 0 N–H and O–H groups in total. The van der Waals surface area contributed by atoms with Gasteiger partial charge in [0.2, 0.25) is 10.1 Å². The Morgan fingerprint density at radius 2 is 2.12 bits per heavy atom. The number of halogens is 1. The van der Waals surface area contributed by atoms with E-state index < -0.39 is 0 Å². The highest BCUT2D eigenvalue weighted by Gasteiger charge is 2.28. The van der Waals surface area contributed by atoms with Gasteiger partial charge >= 0.3 is 0 Å². The van der Waals surface area contributed by atoms with Gasteiger partial charge < -0.3 is 9.47 Å². The molecule has 0 radical (unpaired) electrons. The zero-order valence-corrected chi connectivity index (χ0v) is 15.6. The number of rotatable bonds is 4. The highest BCUT2D eigenvalue weighted by molar-refractivity contribution is 7.20. The number of benzene rings is 1. The van der Waals surface area contributed by atoms with Gasteiger partial charge in [0.05, 0.1) is 18.2 Å². The van der Waals surface area contributed by atoms with Crippen LogP contribution in [0.1, 0.15) is 12.8 Å². The number of hydrogen-bond acceptors (Lipinski definition) is 5. The highest BCUT2D eigenvalue weighted by atomic mass is 35.5. The third-order valence-corrected chi connectivity index (χ3v) is 5.99. The van der Waals surface area contributed by atoms with Crippen LogP contribution in [0.4, 0.5) is 5.13 Å². The molecular formula is C18H17ClN6S. The van der Waals surface area contributed by atoms with E-state index in [9.17, 15) is 0 Å². The number of nitrogens with zero attached hydrogens (tertiary/aromatic N) is 6. The Kier molecular flexibility index (Phi) is 3.90. The second-order valence-corrected chi connectivity index (χ2v) is 7.86. The molecule has 1 saturated heterocycles. The zero-order valence-electron chi connectivity index (χ0n) is 14.0. The van der Waals surface area contributed by atoms with Crippen molar-refractivity contribution < 1.29 is 0 Å². The first-order valence-electron chi connectivity index (χ1n) is 8.61. The number of hydrogen-bond donors (Lipinski definition) is 0. The molecule has 0 aliphatic carbocycles. The van der Waals surface area contributed by atoms with Crippen LogP contribution in [0.3, 0.4) is 0 Å². The summed E-state index contributed by atoms with van der Waals surface area (Å²) in [6.07, 6.45) is 10.1. The summed E-state index contributed by atoms with van der Waals surface area (Å²) in [5, 5.41) is 6.55. The van der Waals surface area contributed by atoms with Gasteiger partial charge in [-0.1, -0.05) is 35.1 Å². The third kappa shape index (κ3) is 2.87. The van der Waals surface area contributed by atoms with Crippen molar-refractivity contribution in [3.63, 3.8) is 0 Å². The quantitative estimate of drug-likeness (QED) is 0.534. The average molecular weight is 385 g/mol. The van der Waals surface area contributed by atoms with Crippen LogP contribution < -0.4 is 4.90 Å². The highest BCUT2D eigenvalue weighted by Crippen LogP contribution is 2.32. The van der Waals surface area contributed by atoms with E-state index in [2.05, 4.69) is 14.5 Å². The summed E-state index contributed by atoms with van der Waals surface area (Å²) >= 11 is 7.61. The van der Waals surface area contributed by atoms with Gasteiger partial charge in [-0.3, -0.25) is 0 Å². The van der Waals surface area contributed by atoms with Gasteiger partial charge in [0.1, 0.15) is 0 Å². The molecule has 0 bridgehead atoms. The van der Waals surface area contributed by atoms with Gasteiger partial charge in [-0.15, -0.1) is 5.10 Å². The Labute approximate surface area is 159 Å². The fourth-order valence-corrected chi connectivity index (χ4v) is 4.59. The molecular weight excluding hydrogens is 368 g/mol. The molecule has 1 aromatic carbocycles. The maximum atomic E-state index is 5.97. The topological polar surface area (TPSA) is 51.2 Å².